The van der Waals surface area contributed by atoms with Crippen LogP contribution >= 0.6 is 11.6 Å². The number of carbonyl (C=O) groups is 1. The van der Waals surface area contributed by atoms with Crippen molar-refractivity contribution in [3.05, 3.63) is 24.0 Å². The van der Waals surface area contributed by atoms with Crippen molar-refractivity contribution in [3.63, 3.8) is 0 Å². The molecule has 0 spiro atoms. The maximum Gasteiger partial charge on any atom is 0.368 e. The molecule has 0 heterocycles. The van der Waals surface area contributed by atoms with Gasteiger partial charge < -0.3 is 9.84 Å². The molecule has 0 aliphatic heterocycles. The Kier molecular flexibility index (Phi) is 4.71. The van der Waals surface area contributed by atoms with E-state index in [0.29, 0.717) is 12.4 Å². The van der Waals surface area contributed by atoms with Crippen molar-refractivity contribution in [1.29, 1.82) is 0 Å². The van der Waals surface area contributed by atoms with Crippen LogP contribution < -0.4 is 10.2 Å². The first-order valence-electron chi connectivity index (χ1n) is 4.69. The van der Waals surface area contributed by atoms with Crippen molar-refractivity contribution in [2.24, 2.45) is 5.10 Å². The van der Waals surface area contributed by atoms with Crippen LogP contribution in [0.1, 0.15) is 6.92 Å². The van der Waals surface area contributed by atoms with Crippen LogP contribution in [0.25, 0.3) is 0 Å². The number of nitrogens with zero attached hydrogens (tertiary/aromatic N) is 1. The number of anilines is 1. The van der Waals surface area contributed by atoms with E-state index in [0.717, 1.165) is 6.07 Å². The van der Waals surface area contributed by atoms with E-state index in [1.165, 1.54) is 12.1 Å². The number of hydrazone groups is 1. The molecule has 0 aliphatic carbocycles. The molecule has 2 N–H and O–H groups in total. The number of benzene rings is 1. The maximum absolute atomic E-state index is 13.4. The van der Waals surface area contributed by atoms with Gasteiger partial charge in [-0.15, -0.1) is 0 Å². The first-order valence-corrected chi connectivity index (χ1v) is 5.07. The van der Waals surface area contributed by atoms with Gasteiger partial charge in [-0.2, -0.15) is 5.10 Å². The minimum Gasteiger partial charge on any atom is -0.494 e. The maximum atomic E-state index is 13.4. The van der Waals surface area contributed by atoms with Crippen molar-refractivity contribution in [1.82, 2.24) is 0 Å². The van der Waals surface area contributed by atoms with Gasteiger partial charge in [0.2, 0.25) is 5.17 Å². The molecular weight excluding hydrogens is 251 g/mol. The summed E-state index contributed by atoms with van der Waals surface area (Å²) < 4.78 is 18.5. The Bertz CT molecular complexity index is 451. The van der Waals surface area contributed by atoms with Crippen molar-refractivity contribution < 1.29 is 19.0 Å². The largest absolute Gasteiger partial charge is 0.494 e. The quantitative estimate of drug-likeness (QED) is 0.629. The number of hydrogen-bond acceptors (Lipinski definition) is 4. The Morgan fingerprint density at radius 1 is 1.65 bits per heavy atom. The lowest BCUT2D eigenvalue weighted by Crippen LogP contribution is -2.08. The van der Waals surface area contributed by atoms with Crippen LogP contribution in [0.15, 0.2) is 23.3 Å². The number of carboxylic acids is 1. The summed E-state index contributed by atoms with van der Waals surface area (Å²) >= 11 is 5.24. The Balaban J connectivity index is 2.79. The van der Waals surface area contributed by atoms with E-state index in [2.05, 4.69) is 10.5 Å². The molecule has 0 radical (unpaired) electrons. The Labute approximate surface area is 102 Å². The molecule has 1 rings (SSSR count). The minimum absolute atomic E-state index is 0.00727. The van der Waals surface area contributed by atoms with Gasteiger partial charge in [-0.1, -0.05) is 11.6 Å². The smallest absolute Gasteiger partial charge is 0.368 e. The average molecular weight is 261 g/mol. The lowest BCUT2D eigenvalue weighted by molar-refractivity contribution is -0.129. The molecular formula is C10H10ClFN2O3. The first-order chi connectivity index (χ1) is 8.04. The van der Waals surface area contributed by atoms with Gasteiger partial charge >= 0.3 is 5.97 Å². The molecule has 0 amide bonds. The second kappa shape index (κ2) is 6.05. The Morgan fingerprint density at radius 3 is 2.88 bits per heavy atom. The molecule has 0 aromatic heterocycles. The van der Waals surface area contributed by atoms with E-state index < -0.39 is 17.0 Å². The SMILES string of the molecule is CCOc1ccc(NN=C(Cl)C(=O)O)c(F)c1. The van der Waals surface area contributed by atoms with E-state index in [4.69, 9.17) is 21.4 Å². The molecule has 0 unspecified atom stereocenters. The predicted molar refractivity (Wildman–Crippen MR) is 62.1 cm³/mol. The zero-order chi connectivity index (χ0) is 12.8. The molecule has 92 valence electrons. The second-order valence-electron chi connectivity index (χ2n) is 2.89. The number of nitrogens with one attached hydrogen (secondary N) is 1. The third-order valence-corrected chi connectivity index (χ3v) is 1.95. The summed E-state index contributed by atoms with van der Waals surface area (Å²) in [6.07, 6.45) is 0. The third kappa shape index (κ3) is 3.92. The van der Waals surface area contributed by atoms with Crippen LogP contribution in [0.4, 0.5) is 10.1 Å². The molecule has 5 nitrogen and oxygen atoms in total. The molecule has 7 heteroatoms. The van der Waals surface area contributed by atoms with Gasteiger partial charge in [-0.3, -0.25) is 5.43 Å². The monoisotopic (exact) mass is 260 g/mol. The van der Waals surface area contributed by atoms with Crippen LogP contribution in [0, 0.1) is 5.82 Å². The summed E-state index contributed by atoms with van der Waals surface area (Å²) in [7, 11) is 0. The molecule has 1 aromatic carbocycles. The van der Waals surface area contributed by atoms with Gasteiger partial charge in [0, 0.05) is 6.07 Å². The first kappa shape index (κ1) is 13.2. The summed E-state index contributed by atoms with van der Waals surface area (Å²) in [5, 5.41) is 11.0. The van der Waals surface area contributed by atoms with Crippen molar-refractivity contribution in [3.8, 4) is 5.75 Å². The normalized spacial score (nSPS) is 11.1. The predicted octanol–water partition coefficient (Wildman–Crippen LogP) is 2.27. The highest BCUT2D eigenvalue weighted by molar-refractivity contribution is 6.81. The molecule has 0 bridgehead atoms. The number of carboxylic acid groups (broad SMARTS) is 1. The number of rotatable bonds is 5. The third-order valence-electron chi connectivity index (χ3n) is 1.70. The van der Waals surface area contributed by atoms with Gasteiger partial charge in [0.25, 0.3) is 0 Å². The zero-order valence-electron chi connectivity index (χ0n) is 8.91. The molecule has 0 atom stereocenters. The number of aliphatic carboxylic acids is 1. The lowest BCUT2D eigenvalue weighted by atomic mass is 10.3. The van der Waals surface area contributed by atoms with Gasteiger partial charge in [-0.25, -0.2) is 9.18 Å². The molecule has 0 saturated heterocycles. The van der Waals surface area contributed by atoms with Gasteiger partial charge in [0.15, 0.2) is 5.82 Å². The fourth-order valence-electron chi connectivity index (χ4n) is 1.00. The number of hydrogen-bond donors (Lipinski definition) is 2. The van der Waals surface area contributed by atoms with E-state index in [-0.39, 0.29) is 5.69 Å². The second-order valence-corrected chi connectivity index (χ2v) is 3.25. The van der Waals surface area contributed by atoms with Crippen LogP contribution in [0.3, 0.4) is 0 Å². The van der Waals surface area contributed by atoms with Crippen molar-refractivity contribution in [2.75, 3.05) is 12.0 Å². The van der Waals surface area contributed by atoms with Crippen LogP contribution in [-0.4, -0.2) is 22.9 Å². The summed E-state index contributed by atoms with van der Waals surface area (Å²) in [5.74, 6) is -1.64. The van der Waals surface area contributed by atoms with E-state index in [1.807, 2.05) is 0 Å². The van der Waals surface area contributed by atoms with E-state index in [9.17, 15) is 9.18 Å². The van der Waals surface area contributed by atoms with Crippen molar-refractivity contribution >= 4 is 28.4 Å². The minimum atomic E-state index is -1.40. The fourth-order valence-corrected chi connectivity index (χ4v) is 1.04. The number of ether oxygens (including phenoxy) is 1. The van der Waals surface area contributed by atoms with Gasteiger partial charge in [0.1, 0.15) is 5.75 Å². The zero-order valence-corrected chi connectivity index (χ0v) is 9.66. The molecule has 17 heavy (non-hydrogen) atoms. The molecule has 0 saturated carbocycles. The highest BCUT2D eigenvalue weighted by Crippen LogP contribution is 2.20. The molecule has 0 aliphatic rings. The topological polar surface area (TPSA) is 70.9 Å². The molecule has 1 aromatic rings. The Morgan fingerprint density at radius 2 is 2.35 bits per heavy atom. The van der Waals surface area contributed by atoms with Crippen LogP contribution in [0.2, 0.25) is 0 Å². The lowest BCUT2D eigenvalue weighted by Gasteiger charge is -2.06. The fraction of sp³-hybridized carbons (Fsp3) is 0.200. The van der Waals surface area contributed by atoms with Gasteiger partial charge in [0.05, 0.1) is 12.3 Å². The van der Waals surface area contributed by atoms with Gasteiger partial charge in [-0.05, 0) is 19.1 Å². The summed E-state index contributed by atoms with van der Waals surface area (Å²) in [4.78, 5) is 10.3. The van der Waals surface area contributed by atoms with E-state index >= 15 is 0 Å². The highest BCUT2D eigenvalue weighted by Gasteiger charge is 2.07. The Hall–Kier alpha value is -1.82. The summed E-state index contributed by atoms with van der Waals surface area (Å²) in [5.41, 5.74) is 2.22. The summed E-state index contributed by atoms with van der Waals surface area (Å²) in [6.45, 7) is 2.20. The van der Waals surface area contributed by atoms with Crippen molar-refractivity contribution in [2.45, 2.75) is 6.92 Å². The van der Waals surface area contributed by atoms with Crippen LogP contribution in [0.5, 0.6) is 5.75 Å². The standard InChI is InChI=1S/C10H10ClFN2O3/c1-2-17-6-3-4-8(7(12)5-6)13-14-9(11)10(15)16/h3-5,13H,2H2,1H3,(H,15,16). The molecule has 0 fully saturated rings. The van der Waals surface area contributed by atoms with E-state index in [1.54, 1.807) is 6.92 Å². The summed E-state index contributed by atoms with van der Waals surface area (Å²) in [6, 6.07) is 4.06. The highest BCUT2D eigenvalue weighted by atomic mass is 35.5. The number of halogens is 2. The average Bonchev–Trinajstić information content (AvgIpc) is 2.27. The van der Waals surface area contributed by atoms with Crippen LogP contribution in [-0.2, 0) is 4.79 Å².